The quantitative estimate of drug-likeness (QED) is 0.111. The first-order valence-electron chi connectivity index (χ1n) is 14.4. The number of esters is 1. The van der Waals surface area contributed by atoms with Gasteiger partial charge < -0.3 is 29.4 Å². The molecule has 0 saturated heterocycles. The number of hydrogen-bond donors (Lipinski definition) is 1. The molecule has 44 heavy (non-hydrogen) atoms. The third-order valence-electron chi connectivity index (χ3n) is 7.29. The minimum atomic E-state index is -0.534. The normalized spacial score (nSPS) is 13.7. The summed E-state index contributed by atoms with van der Waals surface area (Å²) < 4.78 is 28.8. The molecule has 0 aromatic heterocycles. The van der Waals surface area contributed by atoms with Crippen LogP contribution in [0.5, 0.6) is 28.7 Å². The first-order valence-corrected chi connectivity index (χ1v) is 14.4. The Morgan fingerprint density at radius 2 is 1.68 bits per heavy atom. The Morgan fingerprint density at radius 3 is 2.39 bits per heavy atom. The molecule has 0 bridgehead atoms. The number of hydrogen-bond acceptors (Lipinski definition) is 8. The maximum atomic E-state index is 12.9. The van der Waals surface area contributed by atoms with E-state index in [9.17, 15) is 10.1 Å². The molecule has 1 heterocycles. The van der Waals surface area contributed by atoms with Gasteiger partial charge in [0.25, 0.3) is 0 Å². The summed E-state index contributed by atoms with van der Waals surface area (Å²) in [5, 5.41) is 10.0. The van der Waals surface area contributed by atoms with E-state index >= 15 is 0 Å². The fourth-order valence-electron chi connectivity index (χ4n) is 4.86. The number of nitrogens with zero attached hydrogens (tertiary/aromatic N) is 1. The van der Waals surface area contributed by atoms with Gasteiger partial charge in [0.2, 0.25) is 5.88 Å². The molecule has 1 aliphatic rings. The largest absolute Gasteiger partial charge is 0.494 e. The van der Waals surface area contributed by atoms with Gasteiger partial charge in [0.1, 0.15) is 35.5 Å². The van der Waals surface area contributed by atoms with Crippen LogP contribution >= 0.6 is 0 Å². The number of fused-ring (bicyclic) bond motifs is 1. The number of ether oxygens (including phenoxy) is 5. The number of benzene rings is 4. The van der Waals surface area contributed by atoms with Crippen LogP contribution in [0, 0.1) is 18.3 Å². The van der Waals surface area contributed by atoms with Crippen molar-refractivity contribution in [3.05, 3.63) is 124 Å². The Bertz CT molecular complexity index is 1700. The van der Waals surface area contributed by atoms with Crippen LogP contribution in [-0.4, -0.2) is 19.7 Å². The molecule has 8 heteroatoms. The van der Waals surface area contributed by atoms with Gasteiger partial charge in [-0.2, -0.15) is 5.26 Å². The summed E-state index contributed by atoms with van der Waals surface area (Å²) in [5.74, 6) is 1.37. The van der Waals surface area contributed by atoms with E-state index < -0.39 is 11.9 Å². The lowest BCUT2D eigenvalue weighted by Crippen LogP contribution is -2.21. The zero-order chi connectivity index (χ0) is 31.1. The molecule has 0 radical (unpaired) electrons. The highest BCUT2D eigenvalue weighted by molar-refractivity contribution is 5.91. The van der Waals surface area contributed by atoms with E-state index in [4.69, 9.17) is 29.4 Å². The van der Waals surface area contributed by atoms with E-state index in [1.54, 1.807) is 49.6 Å². The van der Waals surface area contributed by atoms with Gasteiger partial charge in [0.05, 0.1) is 25.2 Å². The first kappa shape index (κ1) is 30.1. The number of aryl methyl sites for hydroxylation is 1. The minimum Gasteiger partial charge on any atom is -0.494 e. The van der Waals surface area contributed by atoms with E-state index in [1.165, 1.54) is 5.56 Å². The van der Waals surface area contributed by atoms with Crippen LogP contribution in [-0.2, 0) is 6.61 Å². The van der Waals surface area contributed by atoms with Gasteiger partial charge in [-0.3, -0.25) is 0 Å². The fourth-order valence-corrected chi connectivity index (χ4v) is 4.86. The van der Waals surface area contributed by atoms with Crippen molar-refractivity contribution in [1.82, 2.24) is 0 Å². The van der Waals surface area contributed by atoms with Gasteiger partial charge in [0.15, 0.2) is 11.5 Å². The second-order valence-corrected chi connectivity index (χ2v) is 10.4. The van der Waals surface area contributed by atoms with Crippen LogP contribution in [0.15, 0.2) is 96.4 Å². The number of carbonyl (C=O) groups excluding carboxylic acids is 1. The SMILES string of the molecule is CCCCOc1ccc(C(=O)Oc2ccc3c(c2)OC(N)=C(C#N)C3c2ccc(OCc3ccc(C)cc3)c(OC)c2)cc1. The predicted molar refractivity (Wildman–Crippen MR) is 166 cm³/mol. The maximum absolute atomic E-state index is 12.9. The molecule has 1 atom stereocenters. The lowest BCUT2D eigenvalue weighted by molar-refractivity contribution is 0.0734. The summed E-state index contributed by atoms with van der Waals surface area (Å²) in [6.45, 7) is 5.14. The molecule has 0 spiro atoms. The molecule has 2 N–H and O–H groups in total. The fraction of sp³-hybridized carbons (Fsp3) is 0.222. The smallest absolute Gasteiger partial charge is 0.343 e. The summed E-state index contributed by atoms with van der Waals surface area (Å²) in [6.07, 6.45) is 2.00. The van der Waals surface area contributed by atoms with Crippen molar-refractivity contribution in [2.24, 2.45) is 5.73 Å². The average Bonchev–Trinajstić information content (AvgIpc) is 3.04. The highest BCUT2D eigenvalue weighted by Crippen LogP contribution is 2.45. The number of allylic oxidation sites excluding steroid dienone is 1. The second kappa shape index (κ2) is 13.7. The molecule has 4 aromatic carbocycles. The van der Waals surface area contributed by atoms with E-state index in [2.05, 4.69) is 13.0 Å². The van der Waals surface area contributed by atoms with Crippen LogP contribution in [0.1, 0.15) is 58.3 Å². The molecule has 0 amide bonds. The standard InChI is InChI=1S/C36H34N2O6/c1-4-5-18-41-27-13-10-25(11-14-27)36(39)43-28-15-16-29-32(20-28)44-35(38)30(21-37)34(29)26-12-17-31(33(19-26)40-3)42-22-24-8-6-23(2)7-9-24/h6-17,19-20,34H,4-5,18,22,38H2,1-3H3. The molecular formula is C36H34N2O6. The summed E-state index contributed by atoms with van der Waals surface area (Å²) in [6, 6.07) is 27.7. The van der Waals surface area contributed by atoms with Crippen molar-refractivity contribution in [2.75, 3.05) is 13.7 Å². The van der Waals surface area contributed by atoms with Gasteiger partial charge in [-0.15, -0.1) is 0 Å². The van der Waals surface area contributed by atoms with Crippen molar-refractivity contribution in [1.29, 1.82) is 5.26 Å². The van der Waals surface area contributed by atoms with Crippen LogP contribution in [0.4, 0.5) is 0 Å². The van der Waals surface area contributed by atoms with Crippen molar-refractivity contribution in [3.8, 4) is 34.8 Å². The van der Waals surface area contributed by atoms with Crippen molar-refractivity contribution in [3.63, 3.8) is 0 Å². The molecule has 1 aliphatic heterocycles. The number of nitriles is 1. The molecule has 1 unspecified atom stereocenters. The van der Waals surface area contributed by atoms with Crippen molar-refractivity contribution in [2.45, 2.75) is 39.2 Å². The molecule has 8 nitrogen and oxygen atoms in total. The average molecular weight is 591 g/mol. The van der Waals surface area contributed by atoms with Crippen LogP contribution < -0.4 is 29.4 Å². The Kier molecular flexibility index (Phi) is 9.36. The highest BCUT2D eigenvalue weighted by atomic mass is 16.5. The summed E-state index contributed by atoms with van der Waals surface area (Å²) in [4.78, 5) is 12.9. The van der Waals surface area contributed by atoms with Gasteiger partial charge in [-0.25, -0.2) is 4.79 Å². The van der Waals surface area contributed by atoms with Crippen LogP contribution in [0.25, 0.3) is 0 Å². The van der Waals surface area contributed by atoms with Gasteiger partial charge in [-0.05, 0) is 66.9 Å². The predicted octanol–water partition coefficient (Wildman–Crippen LogP) is 7.20. The zero-order valence-corrected chi connectivity index (χ0v) is 25.0. The molecule has 224 valence electrons. The highest BCUT2D eigenvalue weighted by Gasteiger charge is 2.32. The molecule has 0 aliphatic carbocycles. The minimum absolute atomic E-state index is 0.0224. The van der Waals surface area contributed by atoms with Gasteiger partial charge >= 0.3 is 5.97 Å². The maximum Gasteiger partial charge on any atom is 0.343 e. The van der Waals surface area contributed by atoms with Crippen LogP contribution in [0.2, 0.25) is 0 Å². The number of methoxy groups -OCH3 is 1. The third kappa shape index (κ3) is 6.79. The molecule has 4 aromatic rings. The van der Waals surface area contributed by atoms with Gasteiger partial charge in [0, 0.05) is 11.6 Å². The molecule has 5 rings (SSSR count). The number of nitrogens with two attached hydrogens (primary N) is 1. The lowest BCUT2D eigenvalue weighted by atomic mass is 9.83. The van der Waals surface area contributed by atoms with Crippen molar-refractivity contribution < 1.29 is 28.5 Å². The third-order valence-corrected chi connectivity index (χ3v) is 7.29. The summed E-state index contributed by atoms with van der Waals surface area (Å²) in [5.41, 5.74) is 10.5. The number of unbranched alkanes of at least 4 members (excludes halogenated alkanes) is 1. The Morgan fingerprint density at radius 1 is 0.932 bits per heavy atom. The number of rotatable bonds is 11. The monoisotopic (exact) mass is 590 g/mol. The summed E-state index contributed by atoms with van der Waals surface area (Å²) in [7, 11) is 1.57. The van der Waals surface area contributed by atoms with Crippen LogP contribution in [0.3, 0.4) is 0 Å². The second-order valence-electron chi connectivity index (χ2n) is 10.4. The molecular weight excluding hydrogens is 556 g/mol. The van der Waals surface area contributed by atoms with E-state index in [1.807, 2.05) is 49.4 Å². The van der Waals surface area contributed by atoms with E-state index in [-0.39, 0.29) is 17.2 Å². The molecule has 0 fully saturated rings. The number of carbonyl (C=O) groups is 1. The van der Waals surface area contributed by atoms with Crippen molar-refractivity contribution >= 4 is 5.97 Å². The Labute approximate surface area is 257 Å². The molecule has 0 saturated carbocycles. The lowest BCUT2D eigenvalue weighted by Gasteiger charge is -2.27. The van der Waals surface area contributed by atoms with E-state index in [0.717, 1.165) is 24.0 Å². The van der Waals surface area contributed by atoms with Gasteiger partial charge in [-0.1, -0.05) is 55.3 Å². The topological polar surface area (TPSA) is 113 Å². The first-order chi connectivity index (χ1) is 21.4. The summed E-state index contributed by atoms with van der Waals surface area (Å²) >= 11 is 0. The Balaban J connectivity index is 1.36. The zero-order valence-electron chi connectivity index (χ0n) is 25.0. The van der Waals surface area contributed by atoms with E-state index in [0.29, 0.717) is 47.3 Å². The Hall–Kier alpha value is -5.42.